The Labute approximate surface area is 166 Å². The van der Waals surface area contributed by atoms with Crippen molar-refractivity contribution in [2.75, 3.05) is 26.2 Å². The third-order valence-corrected chi connectivity index (χ3v) is 4.58. The molecule has 0 unspecified atom stereocenters. The third-order valence-electron chi connectivity index (χ3n) is 4.58. The van der Waals surface area contributed by atoms with E-state index in [1.807, 2.05) is 30.3 Å². The SMILES string of the molecule is Cl.O=C(O)C1CN(CC=Cc2ccc(OCCCc3ccccc3)cc2)C1. The summed E-state index contributed by atoms with van der Waals surface area (Å²) in [6.07, 6.45) is 6.17. The highest BCUT2D eigenvalue weighted by Crippen LogP contribution is 2.16. The van der Waals surface area contributed by atoms with Gasteiger partial charge in [0.15, 0.2) is 0 Å². The fraction of sp³-hybridized carbons (Fsp3) is 0.318. The maximum Gasteiger partial charge on any atom is 0.309 e. The molecule has 0 atom stereocenters. The molecule has 0 radical (unpaired) electrons. The molecule has 4 nitrogen and oxygen atoms in total. The lowest BCUT2D eigenvalue weighted by Crippen LogP contribution is -2.50. The van der Waals surface area contributed by atoms with Crippen molar-refractivity contribution in [1.82, 2.24) is 4.90 Å². The van der Waals surface area contributed by atoms with E-state index >= 15 is 0 Å². The van der Waals surface area contributed by atoms with Crippen LogP contribution in [0.15, 0.2) is 60.7 Å². The Morgan fingerprint density at radius 3 is 2.48 bits per heavy atom. The topological polar surface area (TPSA) is 49.8 Å². The lowest BCUT2D eigenvalue weighted by Gasteiger charge is -2.35. The molecule has 3 rings (SSSR count). The molecule has 0 spiro atoms. The number of hydrogen-bond acceptors (Lipinski definition) is 3. The largest absolute Gasteiger partial charge is 0.494 e. The molecule has 1 aliphatic heterocycles. The average molecular weight is 388 g/mol. The number of carboxylic acids is 1. The quantitative estimate of drug-likeness (QED) is 0.657. The second-order valence-electron chi connectivity index (χ2n) is 6.66. The summed E-state index contributed by atoms with van der Waals surface area (Å²) in [4.78, 5) is 12.9. The summed E-state index contributed by atoms with van der Waals surface area (Å²) in [6.45, 7) is 2.80. The van der Waals surface area contributed by atoms with Crippen molar-refractivity contribution >= 4 is 24.5 Å². The van der Waals surface area contributed by atoms with Gasteiger partial charge in [0.2, 0.25) is 0 Å². The molecular weight excluding hydrogens is 362 g/mol. The van der Waals surface area contributed by atoms with Gasteiger partial charge in [0.25, 0.3) is 0 Å². The van der Waals surface area contributed by atoms with E-state index in [0.29, 0.717) is 19.7 Å². The van der Waals surface area contributed by atoms with Crippen molar-refractivity contribution in [3.8, 4) is 5.75 Å². The maximum atomic E-state index is 10.8. The van der Waals surface area contributed by atoms with Gasteiger partial charge in [-0.05, 0) is 36.1 Å². The number of hydrogen-bond donors (Lipinski definition) is 1. The summed E-state index contributed by atoms with van der Waals surface area (Å²) < 4.78 is 5.80. The van der Waals surface area contributed by atoms with E-state index in [0.717, 1.165) is 30.7 Å². The second kappa shape index (κ2) is 10.8. The van der Waals surface area contributed by atoms with E-state index in [-0.39, 0.29) is 18.3 Å². The van der Waals surface area contributed by atoms with Crippen LogP contribution in [0.4, 0.5) is 0 Å². The first kappa shape index (κ1) is 21.0. The minimum atomic E-state index is -0.690. The summed E-state index contributed by atoms with van der Waals surface area (Å²) in [5.41, 5.74) is 2.46. The minimum Gasteiger partial charge on any atom is -0.494 e. The Balaban J connectivity index is 0.00000261. The van der Waals surface area contributed by atoms with Crippen LogP contribution in [0.25, 0.3) is 6.08 Å². The highest BCUT2D eigenvalue weighted by Gasteiger charge is 2.31. The van der Waals surface area contributed by atoms with Gasteiger partial charge in [0.05, 0.1) is 12.5 Å². The molecule has 5 heteroatoms. The minimum absolute atomic E-state index is 0. The van der Waals surface area contributed by atoms with E-state index < -0.39 is 5.97 Å². The lowest BCUT2D eigenvalue weighted by atomic mass is 10.0. The Morgan fingerprint density at radius 1 is 1.11 bits per heavy atom. The van der Waals surface area contributed by atoms with Crippen LogP contribution in [0.3, 0.4) is 0 Å². The first-order chi connectivity index (χ1) is 12.7. The van der Waals surface area contributed by atoms with Gasteiger partial charge < -0.3 is 9.84 Å². The maximum absolute atomic E-state index is 10.8. The summed E-state index contributed by atoms with van der Waals surface area (Å²) in [5, 5.41) is 8.86. The van der Waals surface area contributed by atoms with Gasteiger partial charge in [0.1, 0.15) is 5.75 Å². The number of ether oxygens (including phenoxy) is 1. The molecule has 1 saturated heterocycles. The van der Waals surface area contributed by atoms with Crippen molar-refractivity contribution in [1.29, 1.82) is 0 Å². The Bertz CT molecular complexity index is 725. The number of halogens is 1. The van der Waals surface area contributed by atoms with E-state index in [9.17, 15) is 4.79 Å². The summed E-state index contributed by atoms with van der Waals surface area (Å²) >= 11 is 0. The number of rotatable bonds is 9. The number of likely N-dealkylation sites (tertiary alicyclic amines) is 1. The molecule has 0 aliphatic carbocycles. The molecule has 1 N–H and O–H groups in total. The highest BCUT2D eigenvalue weighted by molar-refractivity contribution is 5.85. The molecule has 0 amide bonds. The Kier molecular flexibility index (Phi) is 8.37. The van der Waals surface area contributed by atoms with E-state index in [1.165, 1.54) is 5.56 Å². The molecule has 144 valence electrons. The zero-order valence-corrected chi connectivity index (χ0v) is 16.1. The van der Waals surface area contributed by atoms with Crippen LogP contribution in [0.1, 0.15) is 17.5 Å². The van der Waals surface area contributed by atoms with Crippen LogP contribution in [0.2, 0.25) is 0 Å². The number of aryl methyl sites for hydroxylation is 1. The predicted octanol–water partition coefficient (Wildman–Crippen LogP) is 4.15. The number of carboxylic acid groups (broad SMARTS) is 1. The van der Waals surface area contributed by atoms with Crippen LogP contribution in [0, 0.1) is 5.92 Å². The average Bonchev–Trinajstić information content (AvgIpc) is 2.62. The summed E-state index contributed by atoms with van der Waals surface area (Å²) in [6, 6.07) is 18.5. The zero-order valence-electron chi connectivity index (χ0n) is 15.3. The van der Waals surface area contributed by atoms with Crippen molar-refractivity contribution in [3.63, 3.8) is 0 Å². The Morgan fingerprint density at radius 2 is 1.81 bits per heavy atom. The number of carbonyl (C=O) groups is 1. The third kappa shape index (κ3) is 6.74. The van der Waals surface area contributed by atoms with Gasteiger partial charge in [-0.3, -0.25) is 9.69 Å². The summed E-state index contributed by atoms with van der Waals surface area (Å²) in [7, 11) is 0. The lowest BCUT2D eigenvalue weighted by molar-refractivity contribution is -0.147. The van der Waals surface area contributed by atoms with Crippen molar-refractivity contribution in [3.05, 3.63) is 71.8 Å². The number of benzene rings is 2. The molecule has 2 aromatic rings. The van der Waals surface area contributed by atoms with Crippen molar-refractivity contribution in [2.24, 2.45) is 5.92 Å². The van der Waals surface area contributed by atoms with Crippen LogP contribution in [-0.4, -0.2) is 42.2 Å². The van der Waals surface area contributed by atoms with E-state index in [2.05, 4.69) is 41.3 Å². The molecule has 0 bridgehead atoms. The monoisotopic (exact) mass is 387 g/mol. The van der Waals surface area contributed by atoms with Gasteiger partial charge in [-0.15, -0.1) is 12.4 Å². The van der Waals surface area contributed by atoms with Gasteiger partial charge in [-0.1, -0.05) is 54.6 Å². The van der Waals surface area contributed by atoms with Gasteiger partial charge in [-0.25, -0.2) is 0 Å². The molecule has 0 saturated carbocycles. The van der Waals surface area contributed by atoms with E-state index in [4.69, 9.17) is 9.84 Å². The molecule has 1 fully saturated rings. The zero-order chi connectivity index (χ0) is 18.2. The van der Waals surface area contributed by atoms with Gasteiger partial charge >= 0.3 is 5.97 Å². The normalized spacial score (nSPS) is 14.5. The molecular formula is C22H26ClNO3. The Hall–Kier alpha value is -2.30. The molecule has 0 aromatic heterocycles. The summed E-state index contributed by atoms with van der Waals surface area (Å²) in [5.74, 6) is 0.00793. The van der Waals surface area contributed by atoms with Gasteiger partial charge in [0, 0.05) is 19.6 Å². The predicted molar refractivity (Wildman–Crippen MR) is 111 cm³/mol. The van der Waals surface area contributed by atoms with Crippen LogP contribution in [0.5, 0.6) is 5.75 Å². The molecule has 1 heterocycles. The van der Waals surface area contributed by atoms with Crippen LogP contribution >= 0.6 is 12.4 Å². The second-order valence-corrected chi connectivity index (χ2v) is 6.66. The van der Waals surface area contributed by atoms with E-state index in [1.54, 1.807) is 0 Å². The molecule has 1 aliphatic rings. The smallest absolute Gasteiger partial charge is 0.309 e. The fourth-order valence-electron chi connectivity index (χ4n) is 3.00. The van der Waals surface area contributed by atoms with Crippen LogP contribution < -0.4 is 4.74 Å². The standard InChI is InChI=1S/C22H25NO3.ClH/c24-22(25)20-16-23(17-20)14-4-8-19-10-12-21(13-11-19)26-15-5-9-18-6-2-1-3-7-18;/h1-4,6-8,10-13,20H,5,9,14-17H2,(H,24,25);1H. The van der Waals surface area contributed by atoms with Crippen molar-refractivity contribution < 1.29 is 14.6 Å². The first-order valence-electron chi connectivity index (χ1n) is 9.09. The number of aliphatic carboxylic acids is 1. The highest BCUT2D eigenvalue weighted by atomic mass is 35.5. The fourth-order valence-corrected chi connectivity index (χ4v) is 3.00. The van der Waals surface area contributed by atoms with Crippen molar-refractivity contribution in [2.45, 2.75) is 12.8 Å². The van der Waals surface area contributed by atoms with Crippen LogP contribution in [-0.2, 0) is 11.2 Å². The number of nitrogens with zero attached hydrogens (tertiary/aromatic N) is 1. The molecule has 2 aromatic carbocycles. The first-order valence-corrected chi connectivity index (χ1v) is 9.09. The van der Waals surface area contributed by atoms with Gasteiger partial charge in [-0.2, -0.15) is 0 Å². The molecule has 27 heavy (non-hydrogen) atoms.